The maximum atomic E-state index is 3.41. The lowest BCUT2D eigenvalue weighted by Gasteiger charge is -1.99. The lowest BCUT2D eigenvalue weighted by Crippen LogP contribution is -2.23. The van der Waals surface area contributed by atoms with Crippen molar-refractivity contribution in [3.8, 4) is 11.1 Å². The maximum Gasteiger partial charge on any atom is -0.00938 e. The average Bonchev–Trinajstić information content (AvgIpc) is 2.67. The van der Waals surface area contributed by atoms with Gasteiger partial charge in [0.2, 0.25) is 0 Å². The predicted octanol–water partition coefficient (Wildman–Crippen LogP) is 2.63. The van der Waals surface area contributed by atoms with E-state index in [1.165, 1.54) is 27.1 Å². The highest BCUT2D eigenvalue weighted by molar-refractivity contribution is 9.14. The van der Waals surface area contributed by atoms with Crippen LogP contribution in [-0.4, -0.2) is 0 Å². The third-order valence-electron chi connectivity index (χ3n) is 2.81. The second-order valence-corrected chi connectivity index (χ2v) is 4.11. The number of hydrogen-bond acceptors (Lipinski definition) is 0. The molecule has 0 saturated heterocycles. The third-order valence-corrected chi connectivity index (χ3v) is 3.30. The first-order chi connectivity index (χ1) is 7.40. The van der Waals surface area contributed by atoms with Crippen LogP contribution < -0.4 is 10.4 Å². The summed E-state index contributed by atoms with van der Waals surface area (Å²) >= 11 is 3.41. The topological polar surface area (TPSA) is 0 Å². The van der Waals surface area contributed by atoms with Crippen LogP contribution in [0.3, 0.4) is 0 Å². The Labute approximate surface area is 96.7 Å². The first-order valence-corrected chi connectivity index (χ1v) is 5.82. The van der Waals surface area contributed by atoms with Crippen LogP contribution in [-0.2, 0) is 0 Å². The van der Waals surface area contributed by atoms with Gasteiger partial charge in [0.15, 0.2) is 0 Å². The zero-order valence-electron chi connectivity index (χ0n) is 8.07. The highest BCUT2D eigenvalue weighted by Gasteiger charge is 2.10. The second kappa shape index (κ2) is 3.35. The summed E-state index contributed by atoms with van der Waals surface area (Å²) in [6.45, 7) is 0. The van der Waals surface area contributed by atoms with Crippen LogP contribution >= 0.6 is 15.9 Å². The fourth-order valence-corrected chi connectivity index (χ4v) is 2.50. The van der Waals surface area contributed by atoms with E-state index in [9.17, 15) is 0 Å². The van der Waals surface area contributed by atoms with Gasteiger partial charge in [0.1, 0.15) is 0 Å². The maximum absolute atomic E-state index is 3.41. The van der Waals surface area contributed by atoms with Crippen LogP contribution in [0, 0.1) is 0 Å². The fourth-order valence-electron chi connectivity index (χ4n) is 2.10. The van der Waals surface area contributed by atoms with Crippen molar-refractivity contribution in [1.82, 2.24) is 0 Å². The monoisotopic (exact) mass is 256 g/mol. The molecule has 0 N–H and O–H groups in total. The summed E-state index contributed by atoms with van der Waals surface area (Å²) in [6, 6.07) is 14.9. The highest BCUT2D eigenvalue weighted by Crippen LogP contribution is 2.24. The highest BCUT2D eigenvalue weighted by atomic mass is 79.9. The zero-order valence-corrected chi connectivity index (χ0v) is 9.66. The molecule has 0 atom stereocenters. The molecular weight excluding hydrogens is 248 g/mol. The average molecular weight is 257 g/mol. The number of benzene rings is 2. The van der Waals surface area contributed by atoms with Gasteiger partial charge in [-0.2, -0.15) is 0 Å². The Morgan fingerprint density at radius 3 is 2.53 bits per heavy atom. The first-order valence-electron chi connectivity index (χ1n) is 4.91. The molecule has 0 saturated carbocycles. The number of hydrogen-bond donors (Lipinski definition) is 0. The van der Waals surface area contributed by atoms with Crippen molar-refractivity contribution < 1.29 is 0 Å². The number of halogens is 1. The summed E-state index contributed by atoms with van der Waals surface area (Å²) in [5.74, 6) is 0. The van der Waals surface area contributed by atoms with E-state index in [1.807, 2.05) is 4.99 Å². The molecule has 0 heterocycles. The first kappa shape index (κ1) is 8.93. The minimum atomic E-state index is 1.24. The van der Waals surface area contributed by atoms with Crippen molar-refractivity contribution in [2.45, 2.75) is 0 Å². The Balaban J connectivity index is 2.48. The van der Waals surface area contributed by atoms with Gasteiger partial charge in [-0.05, 0) is 38.2 Å². The van der Waals surface area contributed by atoms with Gasteiger partial charge >= 0.3 is 0 Å². The van der Waals surface area contributed by atoms with E-state index in [4.69, 9.17) is 0 Å². The molecule has 0 bridgehead atoms. The molecule has 2 aromatic carbocycles. The lowest BCUT2D eigenvalue weighted by molar-refractivity contribution is 1.54. The molecule has 15 heavy (non-hydrogen) atoms. The molecule has 0 amide bonds. The van der Waals surface area contributed by atoms with E-state index in [0.717, 1.165) is 0 Å². The van der Waals surface area contributed by atoms with Crippen molar-refractivity contribution in [1.29, 1.82) is 0 Å². The molecule has 0 unspecified atom stereocenters. The largest absolute Gasteiger partial charge is 0.0616 e. The van der Waals surface area contributed by atoms with Gasteiger partial charge in [-0.3, -0.25) is 0 Å². The summed E-state index contributed by atoms with van der Waals surface area (Å²) in [4.78, 5) is 1.98. The molecule has 1 aliphatic rings. The summed E-state index contributed by atoms with van der Waals surface area (Å²) in [6.07, 6.45) is 2.25. The van der Waals surface area contributed by atoms with E-state index in [2.05, 4.69) is 64.5 Å². The number of rotatable bonds is 0. The summed E-state index contributed by atoms with van der Waals surface area (Å²) < 4.78 is 0. The molecule has 3 rings (SSSR count). The van der Waals surface area contributed by atoms with Gasteiger partial charge in [0, 0.05) is 0 Å². The van der Waals surface area contributed by atoms with Gasteiger partial charge in [-0.1, -0.05) is 58.4 Å². The molecule has 0 spiro atoms. The smallest absolute Gasteiger partial charge is 0.00938 e. The van der Waals surface area contributed by atoms with E-state index in [0.29, 0.717) is 0 Å². The molecule has 0 nitrogen and oxygen atoms in total. The Kier molecular flexibility index (Phi) is 2.00. The Hall–Kier alpha value is -1.34. The molecule has 0 radical (unpaired) electrons. The standard InChI is InChI=1S/C14H9Br/c15-9-11-5-3-7-13-12-6-2-1-4-10(12)8-14(11)13/h1-9H. The van der Waals surface area contributed by atoms with Crippen molar-refractivity contribution in [3.63, 3.8) is 0 Å². The molecule has 2 aromatic rings. The summed E-state index contributed by atoms with van der Waals surface area (Å²) in [5.41, 5.74) is 3.98. The van der Waals surface area contributed by atoms with Crippen molar-refractivity contribution in [2.75, 3.05) is 0 Å². The van der Waals surface area contributed by atoms with Crippen LogP contribution in [0.15, 0.2) is 42.5 Å². The third kappa shape index (κ3) is 1.27. The Morgan fingerprint density at radius 1 is 0.867 bits per heavy atom. The van der Waals surface area contributed by atoms with Crippen LogP contribution in [0.4, 0.5) is 0 Å². The summed E-state index contributed by atoms with van der Waals surface area (Å²) in [7, 11) is 0. The van der Waals surface area contributed by atoms with E-state index in [-0.39, 0.29) is 0 Å². The fraction of sp³-hybridized carbons (Fsp3) is 0. The van der Waals surface area contributed by atoms with Gasteiger partial charge in [-0.25, -0.2) is 0 Å². The van der Waals surface area contributed by atoms with Gasteiger partial charge in [0.25, 0.3) is 0 Å². The van der Waals surface area contributed by atoms with Gasteiger partial charge in [-0.15, -0.1) is 0 Å². The number of fused-ring (bicyclic) bond motifs is 3. The Bertz CT molecular complexity index is 639. The molecule has 0 aliphatic heterocycles. The molecule has 1 heteroatoms. The van der Waals surface area contributed by atoms with Crippen LogP contribution in [0.2, 0.25) is 0 Å². The Morgan fingerprint density at radius 2 is 1.67 bits per heavy atom. The minimum Gasteiger partial charge on any atom is -0.0616 e. The van der Waals surface area contributed by atoms with Crippen molar-refractivity contribution in [3.05, 3.63) is 58.5 Å². The molecular formula is C14H9Br. The van der Waals surface area contributed by atoms with Crippen molar-refractivity contribution >= 4 is 27.0 Å². The summed E-state index contributed by atoms with van der Waals surface area (Å²) in [5, 5.41) is 2.55. The lowest BCUT2D eigenvalue weighted by atomic mass is 10.1. The van der Waals surface area contributed by atoms with Gasteiger partial charge < -0.3 is 0 Å². The quantitative estimate of drug-likeness (QED) is 0.580. The normalized spacial score (nSPS) is 13.3. The zero-order chi connectivity index (χ0) is 10.3. The second-order valence-electron chi connectivity index (χ2n) is 3.65. The minimum absolute atomic E-state index is 1.24. The predicted molar refractivity (Wildman–Crippen MR) is 68.1 cm³/mol. The van der Waals surface area contributed by atoms with E-state index >= 15 is 0 Å². The SMILES string of the molecule is BrC=c1cccc2c1=Cc1ccccc1-2. The van der Waals surface area contributed by atoms with Crippen LogP contribution in [0.5, 0.6) is 0 Å². The van der Waals surface area contributed by atoms with Crippen LogP contribution in [0.25, 0.3) is 22.2 Å². The molecule has 1 aliphatic carbocycles. The van der Waals surface area contributed by atoms with Crippen LogP contribution in [0.1, 0.15) is 5.56 Å². The molecule has 0 aromatic heterocycles. The van der Waals surface area contributed by atoms with E-state index < -0.39 is 0 Å². The van der Waals surface area contributed by atoms with E-state index in [1.54, 1.807) is 0 Å². The van der Waals surface area contributed by atoms with Crippen molar-refractivity contribution in [2.24, 2.45) is 0 Å². The van der Waals surface area contributed by atoms with Gasteiger partial charge in [0.05, 0.1) is 0 Å². The molecule has 72 valence electrons. The molecule has 0 fully saturated rings.